The van der Waals surface area contributed by atoms with E-state index in [1.165, 1.54) is 38.6 Å². The minimum absolute atomic E-state index is 0.536. The highest BCUT2D eigenvalue weighted by Crippen LogP contribution is 2.56. The van der Waals surface area contributed by atoms with Gasteiger partial charge in [0.2, 0.25) is 0 Å². The van der Waals surface area contributed by atoms with Crippen molar-refractivity contribution in [1.82, 2.24) is 15.0 Å². The molecule has 0 spiro atoms. The van der Waals surface area contributed by atoms with Gasteiger partial charge in [-0.25, -0.2) is 15.0 Å². The minimum Gasteiger partial charge on any atom is -0.456 e. The van der Waals surface area contributed by atoms with Crippen LogP contribution in [0.3, 0.4) is 0 Å². The Morgan fingerprint density at radius 1 is 0.312 bits per heavy atom. The number of benzene rings is 10. The fourth-order valence-electron chi connectivity index (χ4n) is 10.2. The Hall–Kier alpha value is -8.47. The normalized spacial score (nSPS) is 12.8. The lowest BCUT2D eigenvalue weighted by Crippen LogP contribution is -2.28. The van der Waals surface area contributed by atoms with Crippen LogP contribution in [0.1, 0.15) is 22.3 Å². The molecule has 0 amide bonds. The van der Waals surface area contributed by atoms with Crippen molar-refractivity contribution in [3.05, 3.63) is 247 Å². The molecule has 4 nitrogen and oxygen atoms in total. The van der Waals surface area contributed by atoms with E-state index in [-0.39, 0.29) is 0 Å². The number of hydrogen-bond donors (Lipinski definition) is 0. The Bertz CT molecular complexity index is 3750. The van der Waals surface area contributed by atoms with Gasteiger partial charge in [0, 0.05) is 27.5 Å². The second kappa shape index (κ2) is 14.3. The van der Waals surface area contributed by atoms with Gasteiger partial charge in [-0.2, -0.15) is 0 Å². The summed E-state index contributed by atoms with van der Waals surface area (Å²) in [5, 5.41) is 6.71. The van der Waals surface area contributed by atoms with Crippen LogP contribution in [0.2, 0.25) is 0 Å². The molecular weight excluding hydrogens is 779 g/mol. The summed E-state index contributed by atoms with van der Waals surface area (Å²) in [7, 11) is 0. The first-order valence-electron chi connectivity index (χ1n) is 21.7. The summed E-state index contributed by atoms with van der Waals surface area (Å²) in [6.45, 7) is 0. The van der Waals surface area contributed by atoms with Crippen LogP contribution >= 0.6 is 0 Å². The van der Waals surface area contributed by atoms with E-state index in [1.807, 2.05) is 12.1 Å². The molecule has 0 radical (unpaired) electrons. The molecule has 0 atom stereocenters. The third-order valence-corrected chi connectivity index (χ3v) is 13.2. The maximum Gasteiger partial charge on any atom is 0.164 e. The fraction of sp³-hybridized carbons (Fsp3) is 0.0167. The van der Waals surface area contributed by atoms with Gasteiger partial charge in [0.05, 0.1) is 5.41 Å². The van der Waals surface area contributed by atoms with Crippen molar-refractivity contribution in [2.75, 3.05) is 0 Å². The Balaban J connectivity index is 0.983. The number of rotatable bonds is 6. The van der Waals surface area contributed by atoms with Crippen LogP contribution in [0.4, 0.5) is 0 Å². The van der Waals surface area contributed by atoms with E-state index in [1.54, 1.807) is 0 Å². The van der Waals surface area contributed by atoms with Gasteiger partial charge in [0.15, 0.2) is 17.5 Å². The molecule has 4 heteroatoms. The van der Waals surface area contributed by atoms with Crippen molar-refractivity contribution in [3.63, 3.8) is 0 Å². The van der Waals surface area contributed by atoms with Gasteiger partial charge >= 0.3 is 0 Å². The first-order chi connectivity index (χ1) is 31.7. The van der Waals surface area contributed by atoms with E-state index in [9.17, 15) is 0 Å². The molecule has 1 aliphatic rings. The molecule has 10 aromatic carbocycles. The third-order valence-electron chi connectivity index (χ3n) is 13.2. The highest BCUT2D eigenvalue weighted by atomic mass is 16.3. The zero-order valence-electron chi connectivity index (χ0n) is 34.6. The highest BCUT2D eigenvalue weighted by molar-refractivity contribution is 6.12. The van der Waals surface area contributed by atoms with E-state index in [0.717, 1.165) is 66.1 Å². The summed E-state index contributed by atoms with van der Waals surface area (Å²) >= 11 is 0. The molecule has 0 saturated heterocycles. The first-order valence-corrected chi connectivity index (χ1v) is 21.7. The second-order valence-corrected chi connectivity index (χ2v) is 16.7. The molecule has 13 rings (SSSR count). The molecule has 64 heavy (non-hydrogen) atoms. The molecular formula is C60H37N3O. The molecule has 0 N–H and O–H groups in total. The Morgan fingerprint density at radius 3 is 1.55 bits per heavy atom. The van der Waals surface area contributed by atoms with Gasteiger partial charge in [0.25, 0.3) is 0 Å². The van der Waals surface area contributed by atoms with Gasteiger partial charge in [0.1, 0.15) is 11.2 Å². The summed E-state index contributed by atoms with van der Waals surface area (Å²) in [5.74, 6) is 1.80. The lowest BCUT2D eigenvalue weighted by Gasteiger charge is -2.33. The smallest absolute Gasteiger partial charge is 0.164 e. The van der Waals surface area contributed by atoms with E-state index in [2.05, 4.69) is 212 Å². The molecule has 298 valence electrons. The predicted molar refractivity (Wildman–Crippen MR) is 261 cm³/mol. The van der Waals surface area contributed by atoms with Crippen LogP contribution < -0.4 is 0 Å². The quantitative estimate of drug-likeness (QED) is 0.168. The zero-order valence-corrected chi connectivity index (χ0v) is 34.6. The van der Waals surface area contributed by atoms with Crippen LogP contribution in [-0.4, -0.2) is 15.0 Å². The Kier molecular flexibility index (Phi) is 8.09. The summed E-state index contributed by atoms with van der Waals surface area (Å²) in [5.41, 5.74) is 13.5. The van der Waals surface area contributed by atoms with Gasteiger partial charge in [-0.15, -0.1) is 0 Å². The van der Waals surface area contributed by atoms with Crippen molar-refractivity contribution in [2.45, 2.75) is 5.41 Å². The second-order valence-electron chi connectivity index (χ2n) is 16.7. The van der Waals surface area contributed by atoms with E-state index in [0.29, 0.717) is 17.5 Å². The lowest BCUT2D eigenvalue weighted by molar-refractivity contribution is 0.665. The van der Waals surface area contributed by atoms with Gasteiger partial charge in [-0.05, 0) is 90.3 Å². The van der Waals surface area contributed by atoms with Crippen molar-refractivity contribution in [2.24, 2.45) is 0 Å². The monoisotopic (exact) mass is 815 g/mol. The molecule has 2 aromatic heterocycles. The number of fused-ring (bicyclic) bond motifs is 8. The number of hydrogen-bond acceptors (Lipinski definition) is 4. The van der Waals surface area contributed by atoms with Crippen LogP contribution in [-0.2, 0) is 5.41 Å². The van der Waals surface area contributed by atoms with Crippen molar-refractivity contribution < 1.29 is 4.42 Å². The predicted octanol–water partition coefficient (Wildman–Crippen LogP) is 15.1. The molecule has 0 bridgehead atoms. The fourth-order valence-corrected chi connectivity index (χ4v) is 10.2. The third kappa shape index (κ3) is 5.59. The van der Waals surface area contributed by atoms with Crippen molar-refractivity contribution in [3.8, 4) is 56.4 Å². The standard InChI is InChI=1S/C60H37N3O/c1-2-17-46(18-3-1)60(52-22-10-8-19-48(52)49-20-9-11-23-53(49)60)47-33-34-50-55(37-47)64-54-24-12-21-51(56(50)54)59-62-57(61-58(63-59)45-32-28-39-14-5-7-16-43(39)36-45)41-29-25-40(26-30-41)44-31-27-38-13-4-6-15-42(38)35-44/h1-37H. The molecule has 0 fully saturated rings. The number of furan rings is 1. The maximum atomic E-state index is 6.86. The van der Waals surface area contributed by atoms with Crippen LogP contribution in [0.25, 0.3) is 99.9 Å². The summed E-state index contributed by atoms with van der Waals surface area (Å²) < 4.78 is 6.86. The van der Waals surface area contributed by atoms with Gasteiger partial charge in [-0.3, -0.25) is 0 Å². The number of nitrogens with zero attached hydrogens (tertiary/aromatic N) is 3. The largest absolute Gasteiger partial charge is 0.456 e. The summed E-state index contributed by atoms with van der Waals surface area (Å²) in [6, 6.07) is 79.9. The molecule has 12 aromatic rings. The topological polar surface area (TPSA) is 51.8 Å². The van der Waals surface area contributed by atoms with Crippen LogP contribution in [0.5, 0.6) is 0 Å². The molecule has 1 aliphatic carbocycles. The molecule has 0 unspecified atom stereocenters. The van der Waals surface area contributed by atoms with Gasteiger partial charge in [-0.1, -0.05) is 200 Å². The SMILES string of the molecule is c1ccc(C2(c3ccc4c(c3)oc3cccc(-c5nc(-c6ccc(-c7ccc8ccccc8c7)cc6)nc(-c6ccc7ccccc7c6)n5)c34)c3ccccc3-c3ccccc32)cc1. The van der Waals surface area contributed by atoms with Crippen molar-refractivity contribution in [1.29, 1.82) is 0 Å². The Morgan fingerprint density at radius 2 is 0.844 bits per heavy atom. The summed E-state index contributed by atoms with van der Waals surface area (Å²) in [4.78, 5) is 15.7. The Labute approximate surface area is 369 Å². The van der Waals surface area contributed by atoms with E-state index < -0.39 is 5.41 Å². The number of aromatic nitrogens is 3. The minimum atomic E-state index is -0.536. The molecule has 0 aliphatic heterocycles. The van der Waals surface area contributed by atoms with Crippen LogP contribution in [0.15, 0.2) is 229 Å². The average Bonchev–Trinajstić information content (AvgIpc) is 3.90. The zero-order chi connectivity index (χ0) is 42.2. The first kappa shape index (κ1) is 36.2. The van der Waals surface area contributed by atoms with E-state index >= 15 is 0 Å². The van der Waals surface area contributed by atoms with Crippen molar-refractivity contribution >= 4 is 43.5 Å². The van der Waals surface area contributed by atoms with E-state index in [4.69, 9.17) is 19.4 Å². The van der Waals surface area contributed by atoms with Crippen LogP contribution in [0, 0.1) is 0 Å². The maximum absolute atomic E-state index is 6.86. The molecule has 2 heterocycles. The highest BCUT2D eigenvalue weighted by Gasteiger charge is 2.46. The summed E-state index contributed by atoms with van der Waals surface area (Å²) in [6.07, 6.45) is 0. The lowest BCUT2D eigenvalue weighted by atomic mass is 9.67. The average molecular weight is 816 g/mol. The molecule has 0 saturated carbocycles. The van der Waals surface area contributed by atoms with Gasteiger partial charge < -0.3 is 4.42 Å².